The Balaban J connectivity index is 1.66. The fourth-order valence-electron chi connectivity index (χ4n) is 2.71. The van der Waals surface area contributed by atoms with Gasteiger partial charge < -0.3 is 4.90 Å². The molecule has 2 aromatic rings. The topological polar surface area (TPSA) is 20.3 Å². The lowest BCUT2D eigenvalue weighted by molar-refractivity contribution is -0.133. The second-order valence-corrected chi connectivity index (χ2v) is 6.48. The van der Waals surface area contributed by atoms with Gasteiger partial charge in [0.2, 0.25) is 5.91 Å². The third kappa shape index (κ3) is 2.50. The van der Waals surface area contributed by atoms with Crippen molar-refractivity contribution in [3.8, 4) is 0 Å². The van der Waals surface area contributed by atoms with E-state index < -0.39 is 0 Å². The van der Waals surface area contributed by atoms with Gasteiger partial charge in [0.05, 0.1) is 6.04 Å². The molecular weight excluding hydrogens is 266 g/mol. The number of hydrogen-bond donors (Lipinski definition) is 0. The average Bonchev–Trinajstić information content (AvgIpc) is 3.11. The maximum atomic E-state index is 12.6. The minimum Gasteiger partial charge on any atom is -0.338 e. The van der Waals surface area contributed by atoms with Gasteiger partial charge in [-0.25, -0.2) is 0 Å². The first-order valence-electron chi connectivity index (χ1n) is 7.03. The number of carbonyl (C=O) groups is 1. The maximum Gasteiger partial charge on any atom is 0.226 e. The van der Waals surface area contributed by atoms with Gasteiger partial charge >= 0.3 is 0 Å². The summed E-state index contributed by atoms with van der Waals surface area (Å²) in [5.74, 6) is 0.867. The van der Waals surface area contributed by atoms with E-state index in [0.717, 1.165) is 6.42 Å². The summed E-state index contributed by atoms with van der Waals surface area (Å²) in [7, 11) is 1.92. The maximum absolute atomic E-state index is 12.6. The lowest BCUT2D eigenvalue weighted by Crippen LogP contribution is -2.30. The highest BCUT2D eigenvalue weighted by Gasteiger charge is 2.45. The average molecular weight is 285 g/mol. The van der Waals surface area contributed by atoms with Crippen molar-refractivity contribution in [3.05, 3.63) is 58.3 Å². The van der Waals surface area contributed by atoms with Crippen LogP contribution < -0.4 is 0 Å². The molecule has 2 nitrogen and oxygen atoms in total. The Hall–Kier alpha value is -1.61. The molecule has 0 spiro atoms. The number of carbonyl (C=O) groups excluding carboxylic acids is 1. The number of benzene rings is 1. The third-order valence-electron chi connectivity index (χ3n) is 4.22. The smallest absolute Gasteiger partial charge is 0.226 e. The van der Waals surface area contributed by atoms with Crippen LogP contribution in [0.25, 0.3) is 0 Å². The fourth-order valence-corrected chi connectivity index (χ4v) is 3.54. The summed E-state index contributed by atoms with van der Waals surface area (Å²) in [5.41, 5.74) is 1.29. The molecular formula is C17H19NOS. The minimum atomic E-state index is 0.166. The molecule has 1 aromatic heterocycles. The van der Waals surface area contributed by atoms with Gasteiger partial charge in [-0.15, -0.1) is 11.3 Å². The number of nitrogens with zero attached hydrogens (tertiary/aromatic N) is 1. The van der Waals surface area contributed by atoms with E-state index >= 15 is 0 Å². The van der Waals surface area contributed by atoms with E-state index in [1.807, 2.05) is 36.2 Å². The van der Waals surface area contributed by atoms with Gasteiger partial charge in [-0.2, -0.15) is 0 Å². The van der Waals surface area contributed by atoms with Crippen LogP contribution in [0.5, 0.6) is 0 Å². The van der Waals surface area contributed by atoms with Gasteiger partial charge in [-0.05, 0) is 36.3 Å². The van der Waals surface area contributed by atoms with Crippen molar-refractivity contribution in [3.63, 3.8) is 0 Å². The largest absolute Gasteiger partial charge is 0.338 e. The van der Waals surface area contributed by atoms with Crippen molar-refractivity contribution in [1.29, 1.82) is 0 Å². The predicted octanol–water partition coefficient (Wildman–Crippen LogP) is 4.07. The normalized spacial score (nSPS) is 22.3. The van der Waals surface area contributed by atoms with Crippen LogP contribution in [0.2, 0.25) is 0 Å². The Morgan fingerprint density at radius 3 is 2.65 bits per heavy atom. The molecule has 0 aliphatic heterocycles. The molecule has 1 aliphatic rings. The van der Waals surface area contributed by atoms with E-state index in [4.69, 9.17) is 0 Å². The molecule has 1 heterocycles. The van der Waals surface area contributed by atoms with Crippen LogP contribution in [0.3, 0.4) is 0 Å². The first-order valence-corrected chi connectivity index (χ1v) is 7.91. The van der Waals surface area contributed by atoms with Gasteiger partial charge in [0, 0.05) is 17.8 Å². The summed E-state index contributed by atoms with van der Waals surface area (Å²) >= 11 is 1.71. The highest BCUT2D eigenvalue weighted by atomic mass is 32.1. The second kappa shape index (κ2) is 5.41. The van der Waals surface area contributed by atoms with Crippen LogP contribution in [0.1, 0.15) is 35.7 Å². The molecule has 3 heteroatoms. The molecule has 3 rings (SSSR count). The van der Waals surface area contributed by atoms with Crippen molar-refractivity contribution in [2.24, 2.45) is 5.92 Å². The zero-order chi connectivity index (χ0) is 14.1. The van der Waals surface area contributed by atoms with Crippen molar-refractivity contribution in [1.82, 2.24) is 4.90 Å². The summed E-state index contributed by atoms with van der Waals surface area (Å²) in [6, 6.07) is 14.7. The number of amides is 1. The molecule has 20 heavy (non-hydrogen) atoms. The first-order chi connectivity index (χ1) is 9.68. The van der Waals surface area contributed by atoms with Crippen LogP contribution in [-0.4, -0.2) is 17.9 Å². The van der Waals surface area contributed by atoms with Crippen LogP contribution >= 0.6 is 11.3 Å². The highest BCUT2D eigenvalue weighted by Crippen LogP contribution is 2.48. The summed E-state index contributed by atoms with van der Waals surface area (Å²) in [4.78, 5) is 15.7. The lowest BCUT2D eigenvalue weighted by atomic mass is 10.1. The van der Waals surface area contributed by atoms with Gasteiger partial charge in [0.1, 0.15) is 0 Å². The van der Waals surface area contributed by atoms with E-state index in [2.05, 4.69) is 30.5 Å². The summed E-state index contributed by atoms with van der Waals surface area (Å²) in [6.07, 6.45) is 0.990. The molecule has 0 saturated heterocycles. The number of hydrogen-bond acceptors (Lipinski definition) is 2. The summed E-state index contributed by atoms with van der Waals surface area (Å²) in [6.45, 7) is 2.10. The SMILES string of the molecule is CC(c1cccs1)N(C)C(=O)C1CC1c1ccccc1. The molecule has 3 unspecified atom stereocenters. The second-order valence-electron chi connectivity index (χ2n) is 5.50. The highest BCUT2D eigenvalue weighted by molar-refractivity contribution is 7.10. The van der Waals surface area contributed by atoms with Crippen LogP contribution in [0.15, 0.2) is 47.8 Å². The van der Waals surface area contributed by atoms with Gasteiger partial charge in [-0.3, -0.25) is 4.79 Å². The molecule has 0 N–H and O–H groups in total. The fraction of sp³-hybridized carbons (Fsp3) is 0.353. The molecule has 104 valence electrons. The van der Waals surface area contributed by atoms with Crippen molar-refractivity contribution < 1.29 is 4.79 Å². The molecule has 1 saturated carbocycles. The van der Waals surface area contributed by atoms with Gasteiger partial charge in [0.15, 0.2) is 0 Å². The molecule has 1 fully saturated rings. The summed E-state index contributed by atoms with van der Waals surface area (Å²) < 4.78 is 0. The standard InChI is InChI=1S/C17H19NOS/c1-12(16-9-6-10-20-16)18(2)17(19)15-11-14(15)13-7-4-3-5-8-13/h3-10,12,14-15H,11H2,1-2H3. The van der Waals surface area contributed by atoms with Crippen LogP contribution in [0.4, 0.5) is 0 Å². The first kappa shape index (κ1) is 13.4. The molecule has 1 aromatic carbocycles. The van der Waals surface area contributed by atoms with E-state index in [1.54, 1.807) is 11.3 Å². The third-order valence-corrected chi connectivity index (χ3v) is 5.26. The minimum absolute atomic E-state index is 0.166. The molecule has 3 atom stereocenters. The molecule has 0 radical (unpaired) electrons. The monoisotopic (exact) mass is 285 g/mol. The van der Waals surface area contributed by atoms with Crippen molar-refractivity contribution in [2.75, 3.05) is 7.05 Å². The predicted molar refractivity (Wildman–Crippen MR) is 82.8 cm³/mol. The number of rotatable bonds is 4. The molecule has 1 aliphatic carbocycles. The summed E-state index contributed by atoms with van der Waals surface area (Å²) in [5, 5.41) is 2.06. The zero-order valence-corrected chi connectivity index (χ0v) is 12.6. The van der Waals surface area contributed by atoms with Crippen LogP contribution in [0, 0.1) is 5.92 Å². The van der Waals surface area contributed by atoms with Crippen molar-refractivity contribution >= 4 is 17.2 Å². The Kier molecular flexibility index (Phi) is 3.62. The lowest BCUT2D eigenvalue weighted by Gasteiger charge is -2.24. The van der Waals surface area contributed by atoms with Crippen LogP contribution in [-0.2, 0) is 4.79 Å². The molecule has 1 amide bonds. The van der Waals surface area contributed by atoms with Crippen molar-refractivity contribution in [2.45, 2.75) is 25.3 Å². The van der Waals surface area contributed by atoms with E-state index in [9.17, 15) is 4.79 Å². The zero-order valence-electron chi connectivity index (χ0n) is 11.8. The number of thiophene rings is 1. The quantitative estimate of drug-likeness (QED) is 0.829. The Bertz CT molecular complexity index is 578. The van der Waals surface area contributed by atoms with E-state index in [-0.39, 0.29) is 17.9 Å². The molecule has 0 bridgehead atoms. The van der Waals surface area contributed by atoms with E-state index in [1.165, 1.54) is 10.4 Å². The van der Waals surface area contributed by atoms with E-state index in [0.29, 0.717) is 5.92 Å². The Morgan fingerprint density at radius 1 is 1.25 bits per heavy atom. The van der Waals surface area contributed by atoms with Gasteiger partial charge in [-0.1, -0.05) is 36.4 Å². The van der Waals surface area contributed by atoms with Gasteiger partial charge in [0.25, 0.3) is 0 Å². The Morgan fingerprint density at radius 2 is 2.00 bits per heavy atom. The Labute approximate surface area is 124 Å².